The Balaban J connectivity index is 2.39. The van der Waals surface area contributed by atoms with Gasteiger partial charge in [0.15, 0.2) is 11.0 Å². The summed E-state index contributed by atoms with van der Waals surface area (Å²) in [5, 5.41) is -0.424. The Labute approximate surface area is 145 Å². The summed E-state index contributed by atoms with van der Waals surface area (Å²) in [6, 6.07) is 6.61. The third kappa shape index (κ3) is 3.10. The van der Waals surface area contributed by atoms with Crippen LogP contribution >= 0.6 is 11.6 Å². The number of carbonyl (C=O) groups is 1. The zero-order valence-corrected chi connectivity index (χ0v) is 13.7. The third-order valence-electron chi connectivity index (χ3n) is 3.50. The molecule has 0 spiro atoms. The highest BCUT2D eigenvalue weighted by molar-refractivity contribution is 6.29. The summed E-state index contributed by atoms with van der Waals surface area (Å²) in [7, 11) is 0. The highest BCUT2D eigenvalue weighted by atomic mass is 35.5. The van der Waals surface area contributed by atoms with Crippen molar-refractivity contribution in [2.24, 2.45) is 0 Å². The van der Waals surface area contributed by atoms with Crippen molar-refractivity contribution < 1.29 is 18.3 Å². The van der Waals surface area contributed by atoms with Gasteiger partial charge >= 0.3 is 5.97 Å². The monoisotopic (exact) mass is 364 g/mol. The Morgan fingerprint density at radius 3 is 2.60 bits per heavy atom. The zero-order chi connectivity index (χ0) is 18.1. The Kier molecular flexibility index (Phi) is 4.50. The van der Waals surface area contributed by atoms with Crippen LogP contribution in [0.2, 0.25) is 5.15 Å². The summed E-state index contributed by atoms with van der Waals surface area (Å²) in [4.78, 5) is 28.4. The van der Waals surface area contributed by atoms with Gasteiger partial charge < -0.3 is 4.74 Å². The van der Waals surface area contributed by atoms with Gasteiger partial charge in [-0.25, -0.2) is 18.6 Å². The highest BCUT2D eigenvalue weighted by Gasteiger charge is 2.20. The van der Waals surface area contributed by atoms with Gasteiger partial charge in [0, 0.05) is 5.56 Å². The number of nitrogens with zero attached hydrogens (tertiary/aromatic N) is 2. The molecule has 128 valence electrons. The number of rotatable bonds is 3. The molecule has 2 aromatic heterocycles. The fourth-order valence-electron chi connectivity index (χ4n) is 2.37. The molecule has 0 aliphatic carbocycles. The van der Waals surface area contributed by atoms with Crippen LogP contribution in [0.3, 0.4) is 0 Å². The number of carbonyl (C=O) groups excluding carboxylic acids is 1. The van der Waals surface area contributed by atoms with Crippen LogP contribution in [-0.4, -0.2) is 22.0 Å². The van der Waals surface area contributed by atoms with Crippen molar-refractivity contribution in [3.8, 4) is 11.1 Å². The topological polar surface area (TPSA) is 60.7 Å². The molecule has 2 heterocycles. The van der Waals surface area contributed by atoms with E-state index in [1.165, 1.54) is 30.3 Å². The Hall–Kier alpha value is -2.80. The van der Waals surface area contributed by atoms with Gasteiger partial charge in [0.1, 0.15) is 17.0 Å². The van der Waals surface area contributed by atoms with Crippen LogP contribution in [0.1, 0.15) is 17.3 Å². The number of pyridine rings is 1. The van der Waals surface area contributed by atoms with E-state index in [1.807, 2.05) is 0 Å². The molecule has 5 nitrogen and oxygen atoms in total. The van der Waals surface area contributed by atoms with E-state index in [2.05, 4.69) is 4.98 Å². The molecule has 0 N–H and O–H groups in total. The second-order valence-electron chi connectivity index (χ2n) is 5.08. The first-order valence-electron chi connectivity index (χ1n) is 7.27. The Morgan fingerprint density at radius 1 is 1.28 bits per heavy atom. The smallest absolute Gasteiger partial charge is 0.343 e. The first-order chi connectivity index (χ1) is 11.9. The van der Waals surface area contributed by atoms with Gasteiger partial charge in [-0.05, 0) is 30.7 Å². The SMILES string of the molecule is CCOC(=O)c1cc(-c2ccc(F)cc2)c2nc(Cl)c(F)cn2c1=O. The van der Waals surface area contributed by atoms with Crippen molar-refractivity contribution >= 4 is 23.2 Å². The Morgan fingerprint density at radius 2 is 1.96 bits per heavy atom. The molecule has 0 radical (unpaired) electrons. The number of aromatic nitrogens is 2. The van der Waals surface area contributed by atoms with Crippen LogP contribution in [0.15, 0.2) is 41.3 Å². The van der Waals surface area contributed by atoms with Crippen molar-refractivity contribution in [1.29, 1.82) is 0 Å². The van der Waals surface area contributed by atoms with Gasteiger partial charge in [-0.1, -0.05) is 23.7 Å². The van der Waals surface area contributed by atoms with Crippen LogP contribution in [0.5, 0.6) is 0 Å². The van der Waals surface area contributed by atoms with E-state index in [4.69, 9.17) is 16.3 Å². The lowest BCUT2D eigenvalue weighted by atomic mass is 10.0. The van der Waals surface area contributed by atoms with E-state index in [-0.39, 0.29) is 17.8 Å². The van der Waals surface area contributed by atoms with Gasteiger partial charge in [0.25, 0.3) is 5.56 Å². The molecule has 0 saturated carbocycles. The molecule has 3 aromatic rings. The molecule has 0 saturated heterocycles. The average molecular weight is 365 g/mol. The Bertz CT molecular complexity index is 1030. The van der Waals surface area contributed by atoms with E-state index in [9.17, 15) is 18.4 Å². The van der Waals surface area contributed by atoms with Gasteiger partial charge in [-0.15, -0.1) is 0 Å². The zero-order valence-electron chi connectivity index (χ0n) is 12.9. The largest absolute Gasteiger partial charge is 0.462 e. The van der Waals surface area contributed by atoms with Gasteiger partial charge in [-0.3, -0.25) is 9.20 Å². The minimum absolute atomic E-state index is 0.0380. The number of ether oxygens (including phenoxy) is 1. The molecule has 0 aliphatic rings. The lowest BCUT2D eigenvalue weighted by Crippen LogP contribution is -2.25. The predicted octanol–water partition coefficient (Wildman–Crippen LogP) is 3.47. The fraction of sp³-hybridized carbons (Fsp3) is 0.118. The number of esters is 1. The summed E-state index contributed by atoms with van der Waals surface area (Å²) in [5.41, 5.74) is -0.259. The van der Waals surface area contributed by atoms with E-state index in [0.717, 1.165) is 10.6 Å². The lowest BCUT2D eigenvalue weighted by molar-refractivity contribution is 0.0524. The number of hydrogen-bond acceptors (Lipinski definition) is 4. The van der Waals surface area contributed by atoms with E-state index in [0.29, 0.717) is 11.1 Å². The molecule has 3 rings (SSSR count). The molecule has 0 fully saturated rings. The molecule has 0 aliphatic heterocycles. The minimum Gasteiger partial charge on any atom is -0.462 e. The van der Waals surface area contributed by atoms with Crippen molar-refractivity contribution in [3.05, 3.63) is 69.2 Å². The standard InChI is InChI=1S/C17H11ClF2N2O3/c1-2-25-17(24)12-7-11(9-3-5-10(19)6-4-9)15-21-14(18)13(20)8-22(15)16(12)23/h3-8H,2H2,1H3. The van der Waals surface area contributed by atoms with Crippen LogP contribution in [0.25, 0.3) is 16.8 Å². The predicted molar refractivity (Wildman–Crippen MR) is 87.8 cm³/mol. The van der Waals surface area contributed by atoms with Crippen molar-refractivity contribution in [3.63, 3.8) is 0 Å². The summed E-state index contributed by atoms with van der Waals surface area (Å²) >= 11 is 5.72. The molecule has 0 atom stereocenters. The van der Waals surface area contributed by atoms with Gasteiger partial charge in [0.05, 0.1) is 12.8 Å². The molecule has 0 unspecified atom stereocenters. The number of fused-ring (bicyclic) bond motifs is 1. The van der Waals surface area contributed by atoms with E-state index < -0.39 is 28.3 Å². The number of halogens is 3. The average Bonchev–Trinajstić information content (AvgIpc) is 2.58. The van der Waals surface area contributed by atoms with Crippen LogP contribution in [-0.2, 0) is 4.74 Å². The number of benzene rings is 1. The highest BCUT2D eigenvalue weighted by Crippen LogP contribution is 2.26. The van der Waals surface area contributed by atoms with Crippen LogP contribution in [0, 0.1) is 11.6 Å². The van der Waals surface area contributed by atoms with Crippen LogP contribution in [0.4, 0.5) is 8.78 Å². The lowest BCUT2D eigenvalue weighted by Gasteiger charge is -2.11. The second kappa shape index (κ2) is 6.60. The third-order valence-corrected chi connectivity index (χ3v) is 3.77. The van der Waals surface area contributed by atoms with E-state index >= 15 is 0 Å². The second-order valence-corrected chi connectivity index (χ2v) is 5.44. The normalized spacial score (nSPS) is 10.9. The molecule has 0 amide bonds. The van der Waals surface area contributed by atoms with Crippen molar-refractivity contribution in [2.75, 3.05) is 6.61 Å². The first-order valence-corrected chi connectivity index (χ1v) is 7.64. The van der Waals surface area contributed by atoms with Gasteiger partial charge in [0.2, 0.25) is 0 Å². The van der Waals surface area contributed by atoms with Gasteiger partial charge in [-0.2, -0.15) is 0 Å². The number of hydrogen-bond donors (Lipinski definition) is 0. The molecule has 8 heteroatoms. The summed E-state index contributed by atoms with van der Waals surface area (Å²) in [5.74, 6) is -2.22. The molecule has 25 heavy (non-hydrogen) atoms. The molecule has 1 aromatic carbocycles. The fourth-order valence-corrected chi connectivity index (χ4v) is 2.50. The van der Waals surface area contributed by atoms with Crippen molar-refractivity contribution in [2.45, 2.75) is 6.92 Å². The van der Waals surface area contributed by atoms with Crippen LogP contribution < -0.4 is 5.56 Å². The quantitative estimate of drug-likeness (QED) is 0.527. The maximum absolute atomic E-state index is 13.8. The maximum Gasteiger partial charge on any atom is 0.343 e. The summed E-state index contributed by atoms with van der Waals surface area (Å²) in [6.07, 6.45) is 0.850. The molecular formula is C17H11ClF2N2O3. The minimum atomic E-state index is -0.915. The summed E-state index contributed by atoms with van der Waals surface area (Å²) in [6.45, 7) is 1.67. The maximum atomic E-state index is 13.8. The first kappa shape index (κ1) is 17.0. The van der Waals surface area contributed by atoms with E-state index in [1.54, 1.807) is 6.92 Å². The molecule has 0 bridgehead atoms. The summed E-state index contributed by atoms with van der Waals surface area (Å²) < 4.78 is 32.7. The van der Waals surface area contributed by atoms with Crippen molar-refractivity contribution in [1.82, 2.24) is 9.38 Å². The molecular weight excluding hydrogens is 354 g/mol.